The standard InChI is InChI=1S/C21H29FO7Si/c1-15(23)27-30(28-16(2)24,29-17(3)25)14-4-13-26-21-11-7-19(8-12-21)18-5-9-20(22)10-6-18/h5-6,9-10,19,21H,4,7-8,11-14H2,1-3H3. The first-order chi connectivity index (χ1) is 14.2. The van der Waals surface area contributed by atoms with Crippen molar-refractivity contribution in [1.29, 1.82) is 0 Å². The van der Waals surface area contributed by atoms with E-state index in [1.54, 1.807) is 0 Å². The van der Waals surface area contributed by atoms with E-state index >= 15 is 0 Å². The third kappa shape index (κ3) is 7.87. The van der Waals surface area contributed by atoms with Crippen molar-refractivity contribution in [3.63, 3.8) is 0 Å². The molecule has 1 aromatic carbocycles. The van der Waals surface area contributed by atoms with Gasteiger partial charge in [-0.2, -0.15) is 0 Å². The molecule has 30 heavy (non-hydrogen) atoms. The molecular formula is C21H29FO7Si. The lowest BCUT2D eigenvalue weighted by molar-refractivity contribution is -0.147. The molecule has 0 aromatic heterocycles. The second kappa shape index (κ2) is 11.2. The van der Waals surface area contributed by atoms with Crippen LogP contribution in [-0.4, -0.2) is 39.4 Å². The Hall–Kier alpha value is -2.26. The van der Waals surface area contributed by atoms with Gasteiger partial charge < -0.3 is 18.0 Å². The normalized spacial score (nSPS) is 19.1. The van der Waals surface area contributed by atoms with Crippen LogP contribution < -0.4 is 0 Å². The number of carbonyl (C=O) groups is 3. The van der Waals surface area contributed by atoms with Crippen LogP contribution >= 0.6 is 0 Å². The molecular weight excluding hydrogens is 411 g/mol. The highest BCUT2D eigenvalue weighted by molar-refractivity contribution is 6.65. The predicted molar refractivity (Wildman–Crippen MR) is 108 cm³/mol. The third-order valence-electron chi connectivity index (χ3n) is 4.89. The number of hydrogen-bond donors (Lipinski definition) is 0. The van der Waals surface area contributed by atoms with Crippen molar-refractivity contribution in [2.45, 2.75) is 70.9 Å². The van der Waals surface area contributed by atoms with Crippen LogP contribution in [0.25, 0.3) is 0 Å². The van der Waals surface area contributed by atoms with Crippen molar-refractivity contribution in [3.8, 4) is 0 Å². The van der Waals surface area contributed by atoms with E-state index in [0.717, 1.165) is 31.2 Å². The Morgan fingerprint density at radius 3 is 1.87 bits per heavy atom. The smallest absolute Gasteiger partial charge is 0.455 e. The first-order valence-electron chi connectivity index (χ1n) is 10.1. The Morgan fingerprint density at radius 1 is 0.900 bits per heavy atom. The van der Waals surface area contributed by atoms with E-state index < -0.39 is 26.7 Å². The van der Waals surface area contributed by atoms with Gasteiger partial charge in [-0.05, 0) is 55.7 Å². The molecule has 0 atom stereocenters. The van der Waals surface area contributed by atoms with Gasteiger partial charge >= 0.3 is 8.80 Å². The maximum atomic E-state index is 13.1. The van der Waals surface area contributed by atoms with E-state index in [1.807, 2.05) is 12.1 Å². The molecule has 0 bridgehead atoms. The molecule has 0 amide bonds. The van der Waals surface area contributed by atoms with E-state index in [1.165, 1.54) is 32.9 Å². The number of hydrogen-bond acceptors (Lipinski definition) is 7. The number of carbonyl (C=O) groups excluding carboxylic acids is 3. The number of rotatable bonds is 9. The van der Waals surface area contributed by atoms with E-state index in [2.05, 4.69) is 0 Å². The van der Waals surface area contributed by atoms with Gasteiger partial charge in [0.1, 0.15) is 5.82 Å². The number of ether oxygens (including phenoxy) is 1. The largest absolute Gasteiger partial charge is 0.705 e. The van der Waals surface area contributed by atoms with Crippen LogP contribution in [0.3, 0.4) is 0 Å². The van der Waals surface area contributed by atoms with Gasteiger partial charge in [0.15, 0.2) is 0 Å². The summed E-state index contributed by atoms with van der Waals surface area (Å²) in [6.07, 6.45) is 4.23. The number of benzene rings is 1. The molecule has 7 nitrogen and oxygen atoms in total. The minimum absolute atomic E-state index is 0.106. The molecule has 1 fully saturated rings. The summed E-state index contributed by atoms with van der Waals surface area (Å²) in [5.74, 6) is -1.85. The lowest BCUT2D eigenvalue weighted by atomic mass is 9.83. The maximum absolute atomic E-state index is 13.1. The zero-order valence-electron chi connectivity index (χ0n) is 17.6. The fraction of sp³-hybridized carbons (Fsp3) is 0.571. The van der Waals surface area contributed by atoms with E-state index in [-0.39, 0.29) is 18.0 Å². The lowest BCUT2D eigenvalue weighted by Crippen LogP contribution is -2.49. The molecule has 0 heterocycles. The Labute approximate surface area is 177 Å². The van der Waals surface area contributed by atoms with Crippen LogP contribution in [0.15, 0.2) is 24.3 Å². The molecule has 1 aliphatic carbocycles. The van der Waals surface area contributed by atoms with Crippen LogP contribution in [0, 0.1) is 5.82 Å². The zero-order chi connectivity index (χ0) is 22.1. The fourth-order valence-electron chi connectivity index (χ4n) is 3.71. The number of halogens is 1. The summed E-state index contributed by atoms with van der Waals surface area (Å²) < 4.78 is 34.5. The Balaban J connectivity index is 1.81. The Bertz CT molecular complexity index is 689. The van der Waals surface area contributed by atoms with Gasteiger partial charge in [0.2, 0.25) is 0 Å². The summed E-state index contributed by atoms with van der Waals surface area (Å²) in [5.41, 5.74) is 1.15. The molecule has 9 heteroatoms. The molecule has 0 saturated heterocycles. The molecule has 0 radical (unpaired) electrons. The molecule has 166 valence electrons. The molecule has 0 aliphatic heterocycles. The summed E-state index contributed by atoms with van der Waals surface area (Å²) >= 11 is 0. The van der Waals surface area contributed by atoms with Gasteiger partial charge in [0.05, 0.1) is 12.1 Å². The van der Waals surface area contributed by atoms with Crippen molar-refractivity contribution in [2.24, 2.45) is 0 Å². The predicted octanol–water partition coefficient (Wildman–Crippen LogP) is 3.89. The van der Waals surface area contributed by atoms with Gasteiger partial charge in [0.25, 0.3) is 17.9 Å². The molecule has 1 aromatic rings. The summed E-state index contributed by atoms with van der Waals surface area (Å²) in [6, 6.07) is 6.76. The van der Waals surface area contributed by atoms with Crippen LogP contribution in [0.2, 0.25) is 6.04 Å². The highest BCUT2D eigenvalue weighted by Gasteiger charge is 2.51. The van der Waals surface area contributed by atoms with E-state index in [0.29, 0.717) is 18.9 Å². The lowest BCUT2D eigenvalue weighted by Gasteiger charge is -2.29. The second-order valence-electron chi connectivity index (χ2n) is 7.46. The van der Waals surface area contributed by atoms with Crippen LogP contribution in [0.4, 0.5) is 4.39 Å². The average Bonchev–Trinajstić information content (AvgIpc) is 2.65. The van der Waals surface area contributed by atoms with Gasteiger partial charge in [-0.15, -0.1) is 0 Å². The highest BCUT2D eigenvalue weighted by atomic mass is 28.4. The van der Waals surface area contributed by atoms with Crippen LogP contribution in [0.5, 0.6) is 0 Å². The highest BCUT2D eigenvalue weighted by Crippen LogP contribution is 2.34. The Morgan fingerprint density at radius 2 is 1.40 bits per heavy atom. The third-order valence-corrected chi connectivity index (χ3v) is 7.66. The SMILES string of the molecule is CC(=O)O[Si](CCCOC1CCC(c2ccc(F)cc2)CC1)(OC(C)=O)OC(C)=O. The van der Waals surface area contributed by atoms with Gasteiger partial charge in [-0.3, -0.25) is 14.4 Å². The van der Waals surface area contributed by atoms with Gasteiger partial charge in [0, 0.05) is 27.4 Å². The van der Waals surface area contributed by atoms with Crippen LogP contribution in [-0.2, 0) is 32.4 Å². The van der Waals surface area contributed by atoms with Crippen molar-refractivity contribution < 1.29 is 36.8 Å². The fourth-order valence-corrected chi connectivity index (χ4v) is 6.03. The minimum Gasteiger partial charge on any atom is -0.455 e. The summed E-state index contributed by atoms with van der Waals surface area (Å²) in [4.78, 5) is 34.3. The van der Waals surface area contributed by atoms with Crippen LogP contribution in [0.1, 0.15) is 64.4 Å². The monoisotopic (exact) mass is 440 g/mol. The molecule has 2 rings (SSSR count). The first kappa shape index (κ1) is 24.0. The van der Waals surface area contributed by atoms with Crippen molar-refractivity contribution >= 4 is 26.7 Å². The van der Waals surface area contributed by atoms with Crippen molar-refractivity contribution in [1.82, 2.24) is 0 Å². The first-order valence-corrected chi connectivity index (χ1v) is 12.1. The Kier molecular flexibility index (Phi) is 8.98. The molecule has 1 saturated carbocycles. The zero-order valence-corrected chi connectivity index (χ0v) is 18.6. The summed E-state index contributed by atoms with van der Waals surface area (Å²) in [6.45, 7) is 3.88. The van der Waals surface area contributed by atoms with E-state index in [4.69, 9.17) is 18.0 Å². The quantitative estimate of drug-likeness (QED) is 0.425. The molecule has 0 N–H and O–H groups in total. The summed E-state index contributed by atoms with van der Waals surface area (Å²) in [7, 11) is -3.79. The molecule has 0 spiro atoms. The second-order valence-corrected chi connectivity index (χ2v) is 9.94. The van der Waals surface area contributed by atoms with Gasteiger partial charge in [-0.1, -0.05) is 12.1 Å². The van der Waals surface area contributed by atoms with Crippen molar-refractivity contribution in [3.05, 3.63) is 35.6 Å². The average molecular weight is 441 g/mol. The minimum atomic E-state index is -3.79. The topological polar surface area (TPSA) is 88.1 Å². The summed E-state index contributed by atoms with van der Waals surface area (Å²) in [5, 5.41) is 0. The van der Waals surface area contributed by atoms with Crippen molar-refractivity contribution in [2.75, 3.05) is 6.61 Å². The van der Waals surface area contributed by atoms with Gasteiger partial charge in [-0.25, -0.2) is 4.39 Å². The molecule has 0 unspecified atom stereocenters. The molecule has 1 aliphatic rings. The maximum Gasteiger partial charge on any atom is 0.705 e. The van der Waals surface area contributed by atoms with E-state index in [9.17, 15) is 18.8 Å².